The Morgan fingerprint density at radius 1 is 1.05 bits per heavy atom. The minimum atomic E-state index is -1.18. The first kappa shape index (κ1) is 19.2. The summed E-state index contributed by atoms with van der Waals surface area (Å²) in [7, 11) is 0. The van der Waals surface area contributed by atoms with E-state index in [1.165, 1.54) is 0 Å². The molecule has 0 fully saturated rings. The van der Waals surface area contributed by atoms with Crippen molar-refractivity contribution in [3.63, 3.8) is 0 Å². The maximum absolute atomic E-state index is 11.5. The van der Waals surface area contributed by atoms with E-state index in [0.29, 0.717) is 6.42 Å². The van der Waals surface area contributed by atoms with Gasteiger partial charge in [0.15, 0.2) is 0 Å². The number of aliphatic carboxylic acids is 1. The molecular weight excluding hydrogens is 300 g/mol. The lowest BCUT2D eigenvalue weighted by molar-refractivity contribution is -0.137. The fourth-order valence-electron chi connectivity index (χ4n) is 1.15. The van der Waals surface area contributed by atoms with Gasteiger partial charge in [-0.2, -0.15) is 11.8 Å². The van der Waals surface area contributed by atoms with Crippen molar-refractivity contribution < 1.29 is 24.3 Å². The molecule has 0 heterocycles. The average Bonchev–Trinajstić information content (AvgIpc) is 2.45. The van der Waals surface area contributed by atoms with Gasteiger partial charge in [0.1, 0.15) is 6.54 Å². The molecule has 120 valence electrons. The number of hydrogen-bond donors (Lipinski definition) is 5. The van der Waals surface area contributed by atoms with Gasteiger partial charge in [0.2, 0.25) is 17.7 Å². The quantitative estimate of drug-likeness (QED) is 0.298. The predicted molar refractivity (Wildman–Crippen MR) is 77.6 cm³/mol. The fraction of sp³-hybridized carbons (Fsp3) is 0.636. The van der Waals surface area contributed by atoms with Crippen LogP contribution in [0.1, 0.15) is 6.42 Å². The summed E-state index contributed by atoms with van der Waals surface area (Å²) in [6.45, 7) is -1.17. The van der Waals surface area contributed by atoms with E-state index < -0.39 is 36.3 Å². The molecule has 1 atom stereocenters. The molecule has 0 bridgehead atoms. The lowest BCUT2D eigenvalue weighted by Gasteiger charge is -2.11. The molecule has 0 spiro atoms. The molecule has 3 amide bonds. The van der Waals surface area contributed by atoms with E-state index in [9.17, 15) is 19.2 Å². The third kappa shape index (κ3) is 10.6. The number of hydrogen-bond acceptors (Lipinski definition) is 6. The van der Waals surface area contributed by atoms with Gasteiger partial charge >= 0.3 is 5.97 Å². The molecule has 0 aromatic heterocycles. The Morgan fingerprint density at radius 3 is 2.10 bits per heavy atom. The monoisotopic (exact) mass is 320 g/mol. The summed E-state index contributed by atoms with van der Waals surface area (Å²) in [5.41, 5.74) is 5.60. The Labute approximate surface area is 126 Å². The predicted octanol–water partition coefficient (Wildman–Crippen LogP) is -2.50. The van der Waals surface area contributed by atoms with Gasteiger partial charge in [0.25, 0.3) is 0 Å². The third-order valence-corrected chi connectivity index (χ3v) is 2.92. The minimum absolute atomic E-state index is 0.294. The molecule has 10 heteroatoms. The highest BCUT2D eigenvalue weighted by atomic mass is 32.2. The first-order valence-corrected chi connectivity index (χ1v) is 7.53. The summed E-state index contributed by atoms with van der Waals surface area (Å²) in [4.78, 5) is 44.2. The molecule has 9 nitrogen and oxygen atoms in total. The largest absolute Gasteiger partial charge is 0.480 e. The summed E-state index contributed by atoms with van der Waals surface area (Å²) in [6.07, 6.45) is 2.40. The highest BCUT2D eigenvalue weighted by molar-refractivity contribution is 7.98. The van der Waals surface area contributed by atoms with Crippen molar-refractivity contribution in [3.8, 4) is 0 Å². The molecule has 0 aliphatic carbocycles. The van der Waals surface area contributed by atoms with Gasteiger partial charge in [-0.15, -0.1) is 0 Å². The number of nitrogens with two attached hydrogens (primary N) is 1. The van der Waals surface area contributed by atoms with Gasteiger partial charge in [0, 0.05) is 0 Å². The molecular formula is C11H20N4O5S. The van der Waals surface area contributed by atoms with E-state index in [2.05, 4.69) is 16.0 Å². The van der Waals surface area contributed by atoms with Crippen LogP contribution in [0.5, 0.6) is 0 Å². The number of rotatable bonds is 10. The lowest BCUT2D eigenvalue weighted by Crippen LogP contribution is -2.46. The van der Waals surface area contributed by atoms with Crippen molar-refractivity contribution in [2.75, 3.05) is 31.6 Å². The molecule has 6 N–H and O–H groups in total. The van der Waals surface area contributed by atoms with Gasteiger partial charge in [-0.1, -0.05) is 0 Å². The van der Waals surface area contributed by atoms with Gasteiger partial charge in [-0.3, -0.25) is 19.2 Å². The highest BCUT2D eigenvalue weighted by Gasteiger charge is 2.14. The zero-order chi connectivity index (χ0) is 16.3. The molecule has 0 rings (SSSR count). The van der Waals surface area contributed by atoms with E-state index >= 15 is 0 Å². The number of carboxylic acids is 1. The van der Waals surface area contributed by atoms with E-state index in [-0.39, 0.29) is 13.1 Å². The zero-order valence-corrected chi connectivity index (χ0v) is 12.5. The number of nitrogens with one attached hydrogen (secondary N) is 3. The van der Waals surface area contributed by atoms with Crippen molar-refractivity contribution in [2.24, 2.45) is 5.73 Å². The number of carboxylic acid groups (broad SMARTS) is 1. The highest BCUT2D eigenvalue weighted by Crippen LogP contribution is 1.98. The first-order chi connectivity index (χ1) is 9.86. The summed E-state index contributed by atoms with van der Waals surface area (Å²) in [6, 6.07) is -0.677. The smallest absolute Gasteiger partial charge is 0.322 e. The molecule has 0 saturated carbocycles. The second-order valence-electron chi connectivity index (χ2n) is 4.05. The van der Waals surface area contributed by atoms with Crippen LogP contribution in [0.3, 0.4) is 0 Å². The molecule has 0 aromatic carbocycles. The van der Waals surface area contributed by atoms with Crippen LogP contribution in [0, 0.1) is 0 Å². The first-order valence-electron chi connectivity index (χ1n) is 6.14. The number of amides is 3. The Morgan fingerprint density at radius 2 is 1.57 bits per heavy atom. The van der Waals surface area contributed by atoms with E-state index in [1.54, 1.807) is 11.8 Å². The maximum Gasteiger partial charge on any atom is 0.322 e. The SMILES string of the molecule is CSCCC(N)C(=O)NCC(=O)NCC(=O)NCC(=O)O. The number of carbonyl (C=O) groups is 4. The normalized spacial score (nSPS) is 11.3. The van der Waals surface area contributed by atoms with Crippen molar-refractivity contribution in [3.05, 3.63) is 0 Å². The van der Waals surface area contributed by atoms with Crippen LogP contribution >= 0.6 is 11.8 Å². The van der Waals surface area contributed by atoms with Crippen LogP contribution < -0.4 is 21.7 Å². The van der Waals surface area contributed by atoms with E-state index in [4.69, 9.17) is 10.8 Å². The Balaban J connectivity index is 3.82. The zero-order valence-electron chi connectivity index (χ0n) is 11.7. The van der Waals surface area contributed by atoms with Gasteiger partial charge in [0.05, 0.1) is 19.1 Å². The summed E-state index contributed by atoms with van der Waals surface area (Å²) >= 11 is 1.56. The molecule has 0 saturated heterocycles. The average molecular weight is 320 g/mol. The molecule has 0 radical (unpaired) electrons. The number of thioether (sulfide) groups is 1. The number of carbonyl (C=O) groups excluding carboxylic acids is 3. The summed E-state index contributed by atoms with van der Waals surface area (Å²) < 4.78 is 0. The summed E-state index contributed by atoms with van der Waals surface area (Å²) in [5.74, 6) is -2.07. The Hall–Kier alpha value is -1.81. The van der Waals surface area contributed by atoms with Gasteiger partial charge < -0.3 is 26.8 Å². The van der Waals surface area contributed by atoms with Crippen molar-refractivity contribution in [2.45, 2.75) is 12.5 Å². The Bertz CT molecular complexity index is 391. The van der Waals surface area contributed by atoms with Gasteiger partial charge in [-0.05, 0) is 18.4 Å². The van der Waals surface area contributed by atoms with Crippen molar-refractivity contribution in [1.29, 1.82) is 0 Å². The fourth-order valence-corrected chi connectivity index (χ4v) is 1.64. The second-order valence-corrected chi connectivity index (χ2v) is 5.04. The van der Waals surface area contributed by atoms with Crippen LogP contribution in [0.15, 0.2) is 0 Å². The third-order valence-electron chi connectivity index (χ3n) is 2.28. The van der Waals surface area contributed by atoms with Crippen LogP contribution in [-0.2, 0) is 19.2 Å². The topological polar surface area (TPSA) is 151 Å². The van der Waals surface area contributed by atoms with Crippen LogP contribution in [0.25, 0.3) is 0 Å². The molecule has 21 heavy (non-hydrogen) atoms. The minimum Gasteiger partial charge on any atom is -0.480 e. The molecule has 1 unspecified atom stereocenters. The molecule has 0 aromatic rings. The van der Waals surface area contributed by atoms with Gasteiger partial charge in [-0.25, -0.2) is 0 Å². The van der Waals surface area contributed by atoms with E-state index in [0.717, 1.165) is 5.75 Å². The molecule has 0 aliphatic heterocycles. The second kappa shape index (κ2) is 10.9. The standard InChI is InChI=1S/C11H20N4O5S/c1-21-3-2-7(12)11(20)15-5-9(17)13-4-8(16)14-6-10(18)19/h7H,2-6,12H2,1H3,(H,13,17)(H,14,16)(H,15,20)(H,18,19). The molecule has 0 aliphatic rings. The van der Waals surface area contributed by atoms with Crippen molar-refractivity contribution >= 4 is 35.5 Å². The van der Waals surface area contributed by atoms with E-state index in [1.807, 2.05) is 6.26 Å². The Kier molecular flexibility index (Phi) is 9.98. The van der Waals surface area contributed by atoms with Crippen LogP contribution in [0.4, 0.5) is 0 Å². The summed E-state index contributed by atoms with van der Waals surface area (Å²) in [5, 5.41) is 15.0. The van der Waals surface area contributed by atoms with Crippen LogP contribution in [-0.4, -0.2) is 66.5 Å². The van der Waals surface area contributed by atoms with Crippen LogP contribution in [0.2, 0.25) is 0 Å². The lowest BCUT2D eigenvalue weighted by atomic mass is 10.2. The van der Waals surface area contributed by atoms with Crippen molar-refractivity contribution in [1.82, 2.24) is 16.0 Å². The maximum atomic E-state index is 11.5.